The molecule has 1 heterocycles. The molecule has 0 bridgehead atoms. The highest BCUT2D eigenvalue weighted by Crippen LogP contribution is 2.29. The number of anilines is 1. The van der Waals surface area contributed by atoms with Crippen LogP contribution in [0.4, 0.5) is 5.95 Å². The molecule has 0 unspecified atom stereocenters. The summed E-state index contributed by atoms with van der Waals surface area (Å²) in [5, 5.41) is 3.20. The van der Waals surface area contributed by atoms with Crippen LogP contribution in [0.25, 0.3) is 0 Å². The quantitative estimate of drug-likeness (QED) is 0.847. The van der Waals surface area contributed by atoms with Gasteiger partial charge in [0.25, 0.3) is 0 Å². The third-order valence-corrected chi connectivity index (χ3v) is 3.12. The van der Waals surface area contributed by atoms with Gasteiger partial charge < -0.3 is 10.1 Å². The van der Waals surface area contributed by atoms with Gasteiger partial charge in [0.15, 0.2) is 0 Å². The molecule has 0 amide bonds. The highest BCUT2D eigenvalue weighted by Gasteiger charge is 2.10. The van der Waals surface area contributed by atoms with Gasteiger partial charge in [0.1, 0.15) is 5.75 Å². The average Bonchev–Trinajstić information content (AvgIpc) is 2.45. The summed E-state index contributed by atoms with van der Waals surface area (Å²) in [5.74, 6) is 2.46. The van der Waals surface area contributed by atoms with Crippen LogP contribution < -0.4 is 10.1 Å². The second-order valence-electron chi connectivity index (χ2n) is 5.39. The highest BCUT2D eigenvalue weighted by atomic mass is 16.5. The monoisotopic (exact) mass is 285 g/mol. The summed E-state index contributed by atoms with van der Waals surface area (Å²) in [5.41, 5.74) is 2.07. The lowest BCUT2D eigenvalue weighted by molar-refractivity contribution is 0.453. The van der Waals surface area contributed by atoms with Crippen LogP contribution in [0.1, 0.15) is 44.4 Å². The van der Waals surface area contributed by atoms with Crippen molar-refractivity contribution in [2.24, 2.45) is 0 Å². The number of aromatic nitrogens is 2. The summed E-state index contributed by atoms with van der Waals surface area (Å²) in [4.78, 5) is 8.79. The van der Waals surface area contributed by atoms with Crippen LogP contribution in [0.2, 0.25) is 0 Å². The number of hydrogen-bond acceptors (Lipinski definition) is 4. The molecule has 0 saturated carbocycles. The topological polar surface area (TPSA) is 47.0 Å². The first kappa shape index (κ1) is 15.3. The van der Waals surface area contributed by atoms with Crippen LogP contribution in [0.15, 0.2) is 30.3 Å². The van der Waals surface area contributed by atoms with Gasteiger partial charge in [-0.2, -0.15) is 4.98 Å². The lowest BCUT2D eigenvalue weighted by atomic mass is 10.0. The fourth-order valence-electron chi connectivity index (χ4n) is 2.07. The van der Waals surface area contributed by atoms with Gasteiger partial charge in [-0.05, 0) is 30.9 Å². The number of aryl methyl sites for hydroxylation is 1. The Morgan fingerprint density at radius 2 is 1.95 bits per heavy atom. The van der Waals surface area contributed by atoms with Crippen molar-refractivity contribution < 1.29 is 4.74 Å². The Labute approximate surface area is 126 Å². The summed E-state index contributed by atoms with van der Waals surface area (Å²) in [6.07, 6.45) is 1.03. The first-order valence-corrected chi connectivity index (χ1v) is 7.46. The molecule has 21 heavy (non-hydrogen) atoms. The van der Waals surface area contributed by atoms with Crippen LogP contribution in [-0.2, 0) is 0 Å². The summed E-state index contributed by atoms with van der Waals surface area (Å²) < 4.78 is 5.98. The number of nitrogens with zero attached hydrogens (tertiary/aromatic N) is 2. The van der Waals surface area contributed by atoms with E-state index in [0.717, 1.165) is 24.4 Å². The van der Waals surface area contributed by atoms with E-state index in [2.05, 4.69) is 42.1 Å². The molecule has 0 aliphatic carbocycles. The zero-order valence-corrected chi connectivity index (χ0v) is 13.2. The lowest BCUT2D eigenvalue weighted by Crippen LogP contribution is -2.06. The van der Waals surface area contributed by atoms with Gasteiger partial charge in [-0.3, -0.25) is 0 Å². The molecule has 4 nitrogen and oxygen atoms in total. The fraction of sp³-hybridized carbons (Fsp3) is 0.412. The molecule has 2 aromatic rings. The van der Waals surface area contributed by atoms with Gasteiger partial charge >= 0.3 is 0 Å². The maximum Gasteiger partial charge on any atom is 0.226 e. The fourth-order valence-corrected chi connectivity index (χ4v) is 2.07. The van der Waals surface area contributed by atoms with Gasteiger partial charge in [0, 0.05) is 18.3 Å². The normalized spacial score (nSPS) is 10.7. The molecule has 0 fully saturated rings. The minimum atomic E-state index is 0.404. The van der Waals surface area contributed by atoms with Crippen LogP contribution >= 0.6 is 0 Å². The van der Waals surface area contributed by atoms with Gasteiger partial charge in [0.05, 0.1) is 0 Å². The zero-order chi connectivity index (χ0) is 15.2. The number of nitrogens with one attached hydrogen (secondary N) is 1. The van der Waals surface area contributed by atoms with Crippen molar-refractivity contribution in [1.29, 1.82) is 0 Å². The maximum atomic E-state index is 5.98. The Hall–Kier alpha value is -2.10. The number of hydrogen-bond donors (Lipinski definition) is 1. The smallest absolute Gasteiger partial charge is 0.226 e. The average molecular weight is 285 g/mol. The molecular formula is C17H23N3O. The third kappa shape index (κ3) is 4.18. The largest absolute Gasteiger partial charge is 0.439 e. The van der Waals surface area contributed by atoms with E-state index in [4.69, 9.17) is 4.74 Å². The predicted molar refractivity (Wildman–Crippen MR) is 86.2 cm³/mol. The predicted octanol–water partition coefficient (Wildman–Crippen LogP) is 4.52. The Morgan fingerprint density at radius 1 is 1.19 bits per heavy atom. The molecule has 0 aliphatic heterocycles. The highest BCUT2D eigenvalue weighted by molar-refractivity contribution is 5.39. The Morgan fingerprint density at radius 3 is 2.67 bits per heavy atom. The second-order valence-corrected chi connectivity index (χ2v) is 5.39. The van der Waals surface area contributed by atoms with E-state index >= 15 is 0 Å². The molecular weight excluding hydrogens is 262 g/mol. The van der Waals surface area contributed by atoms with E-state index in [1.54, 1.807) is 0 Å². The van der Waals surface area contributed by atoms with E-state index in [9.17, 15) is 0 Å². The molecule has 112 valence electrons. The summed E-state index contributed by atoms with van der Waals surface area (Å²) in [6, 6.07) is 9.93. The van der Waals surface area contributed by atoms with E-state index in [0.29, 0.717) is 17.7 Å². The Balaban J connectivity index is 2.25. The molecule has 4 heteroatoms. The summed E-state index contributed by atoms with van der Waals surface area (Å²) in [7, 11) is 0. The molecule has 1 N–H and O–H groups in total. The van der Waals surface area contributed by atoms with Crippen molar-refractivity contribution in [2.75, 3.05) is 11.9 Å². The molecule has 1 aromatic carbocycles. The SMILES string of the molecule is CCCNc1nc(C)cc(Oc2ccccc2C(C)C)n1. The first-order valence-electron chi connectivity index (χ1n) is 7.46. The molecule has 0 atom stereocenters. The van der Waals surface area contributed by atoms with Crippen LogP contribution in [-0.4, -0.2) is 16.5 Å². The maximum absolute atomic E-state index is 5.98. The molecule has 0 radical (unpaired) electrons. The van der Waals surface area contributed by atoms with Crippen molar-refractivity contribution in [1.82, 2.24) is 9.97 Å². The summed E-state index contributed by atoms with van der Waals surface area (Å²) >= 11 is 0. The molecule has 0 saturated heterocycles. The van der Waals surface area contributed by atoms with Crippen molar-refractivity contribution in [3.63, 3.8) is 0 Å². The van der Waals surface area contributed by atoms with E-state index < -0.39 is 0 Å². The zero-order valence-electron chi connectivity index (χ0n) is 13.2. The standard InChI is InChI=1S/C17H23N3O/c1-5-10-18-17-19-13(4)11-16(20-17)21-15-9-7-6-8-14(15)12(2)3/h6-9,11-12H,5,10H2,1-4H3,(H,18,19,20). The van der Waals surface area contributed by atoms with Gasteiger partial charge in [-0.15, -0.1) is 0 Å². The van der Waals surface area contributed by atoms with Crippen molar-refractivity contribution in [2.45, 2.75) is 40.0 Å². The van der Waals surface area contributed by atoms with Crippen LogP contribution in [0.3, 0.4) is 0 Å². The van der Waals surface area contributed by atoms with Crippen LogP contribution in [0.5, 0.6) is 11.6 Å². The third-order valence-electron chi connectivity index (χ3n) is 3.12. The van der Waals surface area contributed by atoms with Crippen molar-refractivity contribution in [3.05, 3.63) is 41.6 Å². The van der Waals surface area contributed by atoms with Crippen LogP contribution in [0, 0.1) is 6.92 Å². The van der Waals surface area contributed by atoms with Gasteiger partial charge in [-0.25, -0.2) is 4.98 Å². The number of rotatable bonds is 6. The number of ether oxygens (including phenoxy) is 1. The second kappa shape index (κ2) is 7.07. The Kier molecular flexibility index (Phi) is 5.14. The van der Waals surface area contributed by atoms with Gasteiger partial charge in [-0.1, -0.05) is 39.0 Å². The Bertz CT molecular complexity index is 596. The van der Waals surface area contributed by atoms with E-state index in [1.807, 2.05) is 31.2 Å². The van der Waals surface area contributed by atoms with E-state index in [-0.39, 0.29) is 0 Å². The van der Waals surface area contributed by atoms with Crippen molar-refractivity contribution in [3.8, 4) is 11.6 Å². The minimum Gasteiger partial charge on any atom is -0.439 e. The summed E-state index contributed by atoms with van der Waals surface area (Å²) in [6.45, 7) is 9.22. The first-order chi connectivity index (χ1) is 10.1. The van der Waals surface area contributed by atoms with Crippen molar-refractivity contribution >= 4 is 5.95 Å². The lowest BCUT2D eigenvalue weighted by Gasteiger charge is -2.14. The van der Waals surface area contributed by atoms with E-state index in [1.165, 1.54) is 5.56 Å². The minimum absolute atomic E-state index is 0.404. The molecule has 0 aliphatic rings. The molecule has 0 spiro atoms. The molecule has 1 aromatic heterocycles. The molecule has 2 rings (SSSR count). The number of para-hydroxylation sites is 1. The number of benzene rings is 1. The van der Waals surface area contributed by atoms with Gasteiger partial charge in [0.2, 0.25) is 11.8 Å².